The van der Waals surface area contributed by atoms with Crippen molar-refractivity contribution in [2.75, 3.05) is 0 Å². The highest BCUT2D eigenvalue weighted by Crippen LogP contribution is 2.27. The van der Waals surface area contributed by atoms with Crippen molar-refractivity contribution >= 4 is 40.2 Å². The summed E-state index contributed by atoms with van der Waals surface area (Å²) in [6, 6.07) is 13.2. The summed E-state index contributed by atoms with van der Waals surface area (Å²) in [7, 11) is 0. The first kappa shape index (κ1) is 16.6. The molecular weight excluding hydrogens is 347 g/mol. The van der Waals surface area contributed by atoms with Crippen LogP contribution in [0, 0.1) is 10.1 Å². The van der Waals surface area contributed by atoms with Crippen LogP contribution >= 0.6 is 23.2 Å². The van der Waals surface area contributed by atoms with Gasteiger partial charge in [-0.2, -0.15) is 0 Å². The number of rotatable bonds is 4. The van der Waals surface area contributed by atoms with Gasteiger partial charge in [0.05, 0.1) is 4.92 Å². The van der Waals surface area contributed by atoms with Crippen molar-refractivity contribution in [2.24, 2.45) is 0 Å². The van der Waals surface area contributed by atoms with E-state index in [0.717, 1.165) is 22.0 Å². The topological polar surface area (TPSA) is 48.1 Å². The predicted octanol–water partition coefficient (Wildman–Crippen LogP) is 5.63. The van der Waals surface area contributed by atoms with Gasteiger partial charge in [0.2, 0.25) is 5.70 Å². The summed E-state index contributed by atoms with van der Waals surface area (Å²) in [5, 5.41) is 13.1. The average molecular weight is 361 g/mol. The van der Waals surface area contributed by atoms with Crippen molar-refractivity contribution in [3.05, 3.63) is 85.6 Å². The normalized spacial score (nSPS) is 11.9. The zero-order valence-electron chi connectivity index (χ0n) is 12.9. The number of halogens is 2. The molecule has 0 unspecified atom stereocenters. The van der Waals surface area contributed by atoms with E-state index >= 15 is 0 Å². The van der Waals surface area contributed by atoms with Crippen LogP contribution in [0.1, 0.15) is 18.1 Å². The SMILES string of the molecule is C/C(=C\c1cn(Cc2ccc(Cl)cc2Cl)c2ccccc12)[N+](=O)[O-]. The van der Waals surface area contributed by atoms with E-state index in [1.807, 2.05) is 41.1 Å². The van der Waals surface area contributed by atoms with E-state index in [1.165, 1.54) is 6.92 Å². The predicted molar refractivity (Wildman–Crippen MR) is 98.1 cm³/mol. The van der Waals surface area contributed by atoms with Crippen molar-refractivity contribution in [3.8, 4) is 0 Å². The Balaban J connectivity index is 2.09. The Bertz CT molecular complexity index is 961. The summed E-state index contributed by atoms with van der Waals surface area (Å²) in [5.41, 5.74) is 2.83. The van der Waals surface area contributed by atoms with Crippen LogP contribution in [0.5, 0.6) is 0 Å². The van der Waals surface area contributed by atoms with Crippen LogP contribution in [-0.4, -0.2) is 9.49 Å². The summed E-state index contributed by atoms with van der Waals surface area (Å²) < 4.78 is 2.03. The molecule has 0 aliphatic carbocycles. The number of nitro groups is 1. The standard InChI is InChI=1S/C18H14Cl2N2O2/c1-12(22(23)24)8-14-11-21(18-5-3-2-4-16(14)18)10-13-6-7-15(19)9-17(13)20/h2-9,11H,10H2,1H3/b12-8+. The second-order valence-corrected chi connectivity index (χ2v) is 6.35. The van der Waals surface area contributed by atoms with Gasteiger partial charge in [-0.25, -0.2) is 0 Å². The first-order valence-electron chi connectivity index (χ1n) is 7.30. The molecule has 0 aliphatic heterocycles. The zero-order chi connectivity index (χ0) is 17.3. The monoisotopic (exact) mass is 360 g/mol. The zero-order valence-corrected chi connectivity index (χ0v) is 14.4. The third kappa shape index (κ3) is 3.30. The Morgan fingerprint density at radius 1 is 1.25 bits per heavy atom. The van der Waals surface area contributed by atoms with Gasteiger partial charge >= 0.3 is 0 Å². The minimum Gasteiger partial charge on any atom is -0.342 e. The molecule has 122 valence electrons. The second kappa shape index (κ2) is 6.67. The van der Waals surface area contributed by atoms with Crippen molar-refractivity contribution in [1.82, 2.24) is 4.57 Å². The van der Waals surface area contributed by atoms with Crippen LogP contribution < -0.4 is 0 Å². The minimum absolute atomic E-state index is 0.0995. The Kier molecular flexibility index (Phi) is 4.60. The average Bonchev–Trinajstić information content (AvgIpc) is 2.88. The van der Waals surface area contributed by atoms with Gasteiger partial charge in [0, 0.05) is 52.3 Å². The molecule has 4 nitrogen and oxygen atoms in total. The summed E-state index contributed by atoms with van der Waals surface area (Å²) >= 11 is 12.2. The lowest BCUT2D eigenvalue weighted by Crippen LogP contribution is -1.98. The summed E-state index contributed by atoms with van der Waals surface area (Å²) in [5.74, 6) is 0. The maximum atomic E-state index is 10.9. The quantitative estimate of drug-likeness (QED) is 0.446. The highest BCUT2D eigenvalue weighted by Gasteiger charge is 2.11. The van der Waals surface area contributed by atoms with Crippen molar-refractivity contribution < 1.29 is 4.92 Å². The van der Waals surface area contributed by atoms with Gasteiger partial charge < -0.3 is 4.57 Å². The van der Waals surface area contributed by atoms with Gasteiger partial charge in [-0.1, -0.05) is 47.5 Å². The molecule has 0 N–H and O–H groups in total. The molecule has 0 aliphatic rings. The number of benzene rings is 2. The van der Waals surface area contributed by atoms with Crippen molar-refractivity contribution in [3.63, 3.8) is 0 Å². The summed E-state index contributed by atoms with van der Waals surface area (Å²) in [6.45, 7) is 2.05. The van der Waals surface area contributed by atoms with Gasteiger partial charge in [-0.05, 0) is 23.8 Å². The van der Waals surface area contributed by atoms with E-state index in [2.05, 4.69) is 0 Å². The van der Waals surface area contributed by atoms with E-state index in [0.29, 0.717) is 16.6 Å². The molecule has 3 aromatic rings. The van der Waals surface area contributed by atoms with Gasteiger partial charge in [-0.3, -0.25) is 10.1 Å². The fourth-order valence-electron chi connectivity index (χ4n) is 2.63. The molecule has 0 saturated heterocycles. The van der Waals surface area contributed by atoms with Crippen molar-refractivity contribution in [2.45, 2.75) is 13.5 Å². The van der Waals surface area contributed by atoms with E-state index in [4.69, 9.17) is 23.2 Å². The fourth-order valence-corrected chi connectivity index (χ4v) is 3.10. The maximum absolute atomic E-state index is 10.9. The van der Waals surface area contributed by atoms with Gasteiger partial charge in [0.25, 0.3) is 0 Å². The smallest absolute Gasteiger partial charge is 0.243 e. The number of para-hydroxylation sites is 1. The van der Waals surface area contributed by atoms with Crippen LogP contribution in [0.15, 0.2) is 54.4 Å². The molecule has 0 bridgehead atoms. The highest BCUT2D eigenvalue weighted by molar-refractivity contribution is 6.35. The molecule has 0 amide bonds. The number of allylic oxidation sites excluding steroid dienone is 1. The summed E-state index contributed by atoms with van der Waals surface area (Å²) in [4.78, 5) is 10.5. The maximum Gasteiger partial charge on any atom is 0.243 e. The molecule has 0 radical (unpaired) electrons. The summed E-state index contributed by atoms with van der Waals surface area (Å²) in [6.07, 6.45) is 3.49. The van der Waals surface area contributed by atoms with E-state index in [-0.39, 0.29) is 10.6 Å². The van der Waals surface area contributed by atoms with Crippen LogP contribution in [0.2, 0.25) is 10.0 Å². The first-order chi connectivity index (χ1) is 11.5. The lowest BCUT2D eigenvalue weighted by atomic mass is 10.1. The van der Waals surface area contributed by atoms with E-state index < -0.39 is 0 Å². The molecule has 1 aromatic heterocycles. The second-order valence-electron chi connectivity index (χ2n) is 5.51. The molecule has 2 aromatic carbocycles. The lowest BCUT2D eigenvalue weighted by Gasteiger charge is -2.08. The number of nitrogens with zero attached hydrogens (tertiary/aromatic N) is 2. The van der Waals surface area contributed by atoms with Crippen LogP contribution in [0.25, 0.3) is 17.0 Å². The molecular formula is C18H14Cl2N2O2. The Morgan fingerprint density at radius 3 is 2.71 bits per heavy atom. The van der Waals surface area contributed by atoms with Crippen molar-refractivity contribution in [1.29, 1.82) is 0 Å². The first-order valence-corrected chi connectivity index (χ1v) is 8.06. The van der Waals surface area contributed by atoms with Gasteiger partial charge in [0.1, 0.15) is 0 Å². The lowest BCUT2D eigenvalue weighted by molar-refractivity contribution is -0.422. The van der Waals surface area contributed by atoms with Gasteiger partial charge in [-0.15, -0.1) is 0 Å². The molecule has 0 saturated carbocycles. The Hall–Kier alpha value is -2.30. The van der Waals surface area contributed by atoms with E-state index in [9.17, 15) is 10.1 Å². The molecule has 0 fully saturated rings. The third-order valence-electron chi connectivity index (χ3n) is 3.83. The minimum atomic E-state index is -0.387. The molecule has 0 atom stereocenters. The van der Waals surface area contributed by atoms with Gasteiger partial charge in [0.15, 0.2) is 0 Å². The fraction of sp³-hybridized carbons (Fsp3) is 0.111. The Morgan fingerprint density at radius 2 is 2.00 bits per heavy atom. The largest absolute Gasteiger partial charge is 0.342 e. The number of aromatic nitrogens is 1. The molecule has 0 spiro atoms. The highest BCUT2D eigenvalue weighted by atomic mass is 35.5. The number of fused-ring (bicyclic) bond motifs is 1. The molecule has 3 rings (SSSR count). The Labute approximate surface area is 149 Å². The van der Waals surface area contributed by atoms with Crippen LogP contribution in [0.3, 0.4) is 0 Å². The van der Waals surface area contributed by atoms with Crippen LogP contribution in [-0.2, 0) is 6.54 Å². The third-order valence-corrected chi connectivity index (χ3v) is 4.41. The number of hydrogen-bond donors (Lipinski definition) is 0. The molecule has 6 heteroatoms. The number of hydrogen-bond acceptors (Lipinski definition) is 2. The van der Waals surface area contributed by atoms with E-state index in [1.54, 1.807) is 18.2 Å². The molecule has 24 heavy (non-hydrogen) atoms. The molecule has 1 heterocycles. The van der Waals surface area contributed by atoms with Crippen LogP contribution in [0.4, 0.5) is 0 Å².